The van der Waals surface area contributed by atoms with E-state index in [1.54, 1.807) is 24.8 Å². The zero-order chi connectivity index (χ0) is 16.0. The normalized spacial score (nSPS) is 13.8. The average Bonchev–Trinajstić information content (AvgIpc) is 2.77. The van der Waals surface area contributed by atoms with Crippen molar-refractivity contribution in [3.63, 3.8) is 0 Å². The summed E-state index contributed by atoms with van der Waals surface area (Å²) in [5.74, 6) is 1.83. The van der Waals surface area contributed by atoms with Crippen LogP contribution in [-0.2, 0) is 16.6 Å². The third-order valence-electron chi connectivity index (χ3n) is 3.08. The minimum atomic E-state index is -3.53. The SMILES string of the molecule is CCC(CSC)NS(=O)(=O)c1cc(CNC(C)C)oc1C. The highest BCUT2D eigenvalue weighted by Gasteiger charge is 2.24. The Morgan fingerprint density at radius 2 is 2.05 bits per heavy atom. The minimum absolute atomic E-state index is 0.0588. The Bertz CT molecular complexity index is 538. The van der Waals surface area contributed by atoms with Crippen molar-refractivity contribution in [1.82, 2.24) is 10.0 Å². The van der Waals surface area contributed by atoms with E-state index < -0.39 is 10.0 Å². The first-order valence-electron chi connectivity index (χ1n) is 7.14. The van der Waals surface area contributed by atoms with Crippen LogP contribution in [0.1, 0.15) is 38.7 Å². The maximum atomic E-state index is 12.4. The molecular weight excluding hydrogens is 308 g/mol. The lowest BCUT2D eigenvalue weighted by molar-refractivity contribution is 0.443. The smallest absolute Gasteiger partial charge is 0.244 e. The van der Waals surface area contributed by atoms with Crippen molar-refractivity contribution in [1.29, 1.82) is 0 Å². The highest BCUT2D eigenvalue weighted by atomic mass is 32.2. The summed E-state index contributed by atoms with van der Waals surface area (Å²) in [5.41, 5.74) is 0. The number of nitrogens with one attached hydrogen (secondary N) is 2. The van der Waals surface area contributed by atoms with Crippen molar-refractivity contribution in [3.05, 3.63) is 17.6 Å². The number of thioether (sulfide) groups is 1. The molecule has 0 saturated carbocycles. The predicted octanol–water partition coefficient (Wildman–Crippen LogP) is 2.51. The van der Waals surface area contributed by atoms with Crippen LogP contribution < -0.4 is 10.0 Å². The topological polar surface area (TPSA) is 71.3 Å². The van der Waals surface area contributed by atoms with Gasteiger partial charge in [-0.1, -0.05) is 20.8 Å². The van der Waals surface area contributed by atoms with Crippen molar-refractivity contribution in [2.45, 2.75) is 57.6 Å². The lowest BCUT2D eigenvalue weighted by Crippen LogP contribution is -2.36. The Labute approximate surface area is 132 Å². The summed E-state index contributed by atoms with van der Waals surface area (Å²) in [6.45, 7) is 8.25. The van der Waals surface area contributed by atoms with Crippen LogP contribution in [-0.4, -0.2) is 32.5 Å². The Morgan fingerprint density at radius 1 is 1.38 bits per heavy atom. The molecule has 1 unspecified atom stereocenters. The van der Waals surface area contributed by atoms with Gasteiger partial charge in [0.25, 0.3) is 0 Å². The Balaban J connectivity index is 2.87. The van der Waals surface area contributed by atoms with E-state index in [1.807, 2.05) is 27.0 Å². The Hall–Kier alpha value is -0.500. The lowest BCUT2D eigenvalue weighted by atomic mass is 10.3. The molecule has 0 aliphatic rings. The average molecular weight is 335 g/mol. The summed E-state index contributed by atoms with van der Waals surface area (Å²) < 4.78 is 33.2. The molecule has 1 rings (SSSR count). The molecule has 2 N–H and O–H groups in total. The zero-order valence-electron chi connectivity index (χ0n) is 13.4. The second-order valence-electron chi connectivity index (χ2n) is 5.35. The van der Waals surface area contributed by atoms with Crippen LogP contribution in [0, 0.1) is 6.92 Å². The van der Waals surface area contributed by atoms with E-state index in [9.17, 15) is 8.42 Å². The maximum absolute atomic E-state index is 12.4. The molecule has 7 heteroatoms. The molecule has 0 aliphatic carbocycles. The predicted molar refractivity (Wildman–Crippen MR) is 88.2 cm³/mol. The molecule has 0 aliphatic heterocycles. The first-order valence-corrected chi connectivity index (χ1v) is 10.0. The molecular formula is C14H26N2O3S2. The van der Waals surface area contributed by atoms with Crippen molar-refractivity contribution >= 4 is 21.8 Å². The van der Waals surface area contributed by atoms with Crippen molar-refractivity contribution in [2.75, 3.05) is 12.0 Å². The van der Waals surface area contributed by atoms with Crippen molar-refractivity contribution in [2.24, 2.45) is 0 Å². The molecule has 0 saturated heterocycles. The van der Waals surface area contributed by atoms with Crippen LogP contribution in [0.15, 0.2) is 15.4 Å². The first kappa shape index (κ1) is 18.5. The van der Waals surface area contributed by atoms with E-state index in [0.29, 0.717) is 24.1 Å². The number of aryl methyl sites for hydroxylation is 1. The van der Waals surface area contributed by atoms with E-state index in [0.717, 1.165) is 12.2 Å². The number of furan rings is 1. The summed E-state index contributed by atoms with van der Waals surface area (Å²) in [7, 11) is -3.53. The minimum Gasteiger partial charge on any atom is -0.464 e. The Kier molecular flexibility index (Phi) is 7.26. The van der Waals surface area contributed by atoms with Gasteiger partial charge in [0.15, 0.2) is 0 Å². The molecule has 0 bridgehead atoms. The number of hydrogen-bond donors (Lipinski definition) is 2. The van der Waals surface area contributed by atoms with Crippen LogP contribution in [0.4, 0.5) is 0 Å². The van der Waals surface area contributed by atoms with Crippen LogP contribution >= 0.6 is 11.8 Å². The van der Waals surface area contributed by atoms with E-state index >= 15 is 0 Å². The Morgan fingerprint density at radius 3 is 2.57 bits per heavy atom. The van der Waals surface area contributed by atoms with Gasteiger partial charge in [-0.3, -0.25) is 0 Å². The fourth-order valence-corrected chi connectivity index (χ4v) is 4.25. The summed E-state index contributed by atoms with van der Waals surface area (Å²) in [5, 5.41) is 3.21. The molecule has 1 aromatic heterocycles. The third-order valence-corrected chi connectivity index (χ3v) is 5.44. The molecule has 1 atom stereocenters. The number of hydrogen-bond acceptors (Lipinski definition) is 5. The molecule has 1 aromatic rings. The number of rotatable bonds is 9. The van der Waals surface area contributed by atoms with Gasteiger partial charge in [0.2, 0.25) is 10.0 Å². The van der Waals surface area contributed by atoms with E-state index in [4.69, 9.17) is 4.42 Å². The summed E-state index contributed by atoms with van der Waals surface area (Å²) in [6.07, 6.45) is 2.73. The molecule has 122 valence electrons. The van der Waals surface area contributed by atoms with E-state index in [-0.39, 0.29) is 10.9 Å². The summed E-state index contributed by atoms with van der Waals surface area (Å²) in [4.78, 5) is 0.239. The third kappa shape index (κ3) is 5.65. The highest BCUT2D eigenvalue weighted by Crippen LogP contribution is 2.21. The molecule has 21 heavy (non-hydrogen) atoms. The van der Waals surface area contributed by atoms with Gasteiger partial charge < -0.3 is 9.73 Å². The van der Waals surface area contributed by atoms with Crippen molar-refractivity contribution < 1.29 is 12.8 Å². The zero-order valence-corrected chi connectivity index (χ0v) is 15.0. The van der Waals surface area contributed by atoms with Gasteiger partial charge in [-0.25, -0.2) is 13.1 Å². The molecule has 0 aromatic carbocycles. The first-order chi connectivity index (χ1) is 9.80. The lowest BCUT2D eigenvalue weighted by Gasteiger charge is -2.15. The molecule has 0 amide bonds. The summed E-state index contributed by atoms with van der Waals surface area (Å²) >= 11 is 1.63. The van der Waals surface area contributed by atoms with Gasteiger partial charge in [0, 0.05) is 23.9 Å². The second kappa shape index (κ2) is 8.22. The van der Waals surface area contributed by atoms with Gasteiger partial charge in [0.05, 0.1) is 6.54 Å². The van der Waals surface area contributed by atoms with E-state index in [1.165, 1.54) is 0 Å². The standard InChI is InChI=1S/C14H26N2O3S2/c1-6-12(9-20-5)16-21(17,18)14-7-13(19-11(14)4)8-15-10(2)3/h7,10,12,15-16H,6,8-9H2,1-5H3. The molecule has 0 radical (unpaired) electrons. The highest BCUT2D eigenvalue weighted by molar-refractivity contribution is 7.98. The van der Waals surface area contributed by atoms with Gasteiger partial charge >= 0.3 is 0 Å². The van der Waals surface area contributed by atoms with Crippen LogP contribution in [0.3, 0.4) is 0 Å². The second-order valence-corrected chi connectivity index (χ2v) is 7.94. The van der Waals surface area contributed by atoms with Crippen LogP contribution in [0.2, 0.25) is 0 Å². The van der Waals surface area contributed by atoms with Crippen LogP contribution in [0.25, 0.3) is 0 Å². The fraction of sp³-hybridized carbons (Fsp3) is 0.714. The largest absolute Gasteiger partial charge is 0.464 e. The quantitative estimate of drug-likeness (QED) is 0.726. The van der Waals surface area contributed by atoms with Crippen molar-refractivity contribution in [3.8, 4) is 0 Å². The molecule has 5 nitrogen and oxygen atoms in total. The summed E-state index contributed by atoms with van der Waals surface area (Å²) in [6, 6.07) is 1.87. The molecule has 0 fully saturated rings. The van der Waals surface area contributed by atoms with E-state index in [2.05, 4.69) is 10.0 Å². The maximum Gasteiger partial charge on any atom is 0.244 e. The fourth-order valence-electron chi connectivity index (χ4n) is 1.90. The van der Waals surface area contributed by atoms with Gasteiger partial charge in [-0.05, 0) is 19.6 Å². The monoisotopic (exact) mass is 334 g/mol. The number of sulfonamides is 1. The molecule has 1 heterocycles. The van der Waals surface area contributed by atoms with Crippen LogP contribution in [0.5, 0.6) is 0 Å². The van der Waals surface area contributed by atoms with Gasteiger partial charge in [0.1, 0.15) is 16.4 Å². The molecule has 0 spiro atoms. The van der Waals surface area contributed by atoms with Gasteiger partial charge in [-0.15, -0.1) is 0 Å². The van der Waals surface area contributed by atoms with Gasteiger partial charge in [-0.2, -0.15) is 11.8 Å².